The molecular weight excluding hydrogens is 911 g/mol. The standard InChI is InChI=1S/C64H119NO8/c1-3-5-7-9-11-13-15-17-19-21-23-25-27-29-31-33-35-37-39-41-43-45-47-49-51-53-58(67)57(56-72-64-63(71)62(70)61(69)59(55-66)73-64)65-60(68)54-52-50-48-46-44-42-40-38-36-34-32-30-28-26-24-22-20-18-16-14-12-10-8-6-4-2/h24,26,30,32,43,45,51,53,57-59,61-64,66-67,69-71H,3-23,25,27-29,31,33-42,44,46-50,52,54-56H2,1-2H3,(H,65,68)/b26-24-,32-30-,45-43+,53-51+. The maximum atomic E-state index is 13.1. The first kappa shape index (κ1) is 69.2. The van der Waals surface area contributed by atoms with Crippen LogP contribution in [0.25, 0.3) is 0 Å². The van der Waals surface area contributed by atoms with Gasteiger partial charge in [-0.2, -0.15) is 0 Å². The predicted molar refractivity (Wildman–Crippen MR) is 309 cm³/mol. The number of aliphatic hydroxyl groups excluding tert-OH is 5. The van der Waals surface area contributed by atoms with Crippen molar-refractivity contribution in [2.45, 2.75) is 339 Å². The smallest absolute Gasteiger partial charge is 0.220 e. The molecule has 9 nitrogen and oxygen atoms in total. The van der Waals surface area contributed by atoms with Gasteiger partial charge in [0.1, 0.15) is 24.4 Å². The molecule has 428 valence electrons. The highest BCUT2D eigenvalue weighted by Crippen LogP contribution is 2.23. The van der Waals surface area contributed by atoms with Crippen LogP contribution < -0.4 is 5.32 Å². The molecule has 6 N–H and O–H groups in total. The summed E-state index contributed by atoms with van der Waals surface area (Å²) in [7, 11) is 0. The number of amides is 1. The number of carbonyl (C=O) groups is 1. The molecule has 0 saturated carbocycles. The van der Waals surface area contributed by atoms with Crippen molar-refractivity contribution in [2.75, 3.05) is 13.2 Å². The van der Waals surface area contributed by atoms with E-state index >= 15 is 0 Å². The maximum Gasteiger partial charge on any atom is 0.220 e. The number of hydrogen-bond donors (Lipinski definition) is 6. The zero-order valence-corrected chi connectivity index (χ0v) is 47.6. The number of nitrogens with one attached hydrogen (secondary N) is 1. The van der Waals surface area contributed by atoms with E-state index in [0.717, 1.165) is 44.9 Å². The molecule has 1 aliphatic rings. The van der Waals surface area contributed by atoms with Crippen LogP contribution in [0.1, 0.15) is 296 Å². The summed E-state index contributed by atoms with van der Waals surface area (Å²) < 4.78 is 11.3. The topological polar surface area (TPSA) is 149 Å². The Balaban J connectivity index is 2.22. The summed E-state index contributed by atoms with van der Waals surface area (Å²) in [5.74, 6) is -0.188. The van der Waals surface area contributed by atoms with Crippen molar-refractivity contribution in [1.82, 2.24) is 5.32 Å². The Labute approximate surface area is 450 Å². The lowest BCUT2D eigenvalue weighted by Gasteiger charge is -2.40. The van der Waals surface area contributed by atoms with Gasteiger partial charge in [0.2, 0.25) is 5.91 Å². The van der Waals surface area contributed by atoms with E-state index in [1.54, 1.807) is 6.08 Å². The van der Waals surface area contributed by atoms with Gasteiger partial charge in [0, 0.05) is 6.42 Å². The molecule has 7 unspecified atom stereocenters. The number of unbranched alkanes of at least 4 members (excludes halogenated alkanes) is 38. The fraction of sp³-hybridized carbons (Fsp3) is 0.859. The molecule has 0 aliphatic carbocycles. The Morgan fingerprint density at radius 1 is 0.466 bits per heavy atom. The third kappa shape index (κ3) is 42.9. The van der Waals surface area contributed by atoms with Gasteiger partial charge >= 0.3 is 0 Å². The third-order valence-electron chi connectivity index (χ3n) is 14.9. The van der Waals surface area contributed by atoms with Gasteiger partial charge in [0.25, 0.3) is 0 Å². The Hall–Kier alpha value is -1.85. The van der Waals surface area contributed by atoms with Crippen molar-refractivity contribution >= 4 is 5.91 Å². The van der Waals surface area contributed by atoms with Crippen molar-refractivity contribution in [1.29, 1.82) is 0 Å². The molecule has 9 heteroatoms. The van der Waals surface area contributed by atoms with Crippen LogP contribution in [0.2, 0.25) is 0 Å². The summed E-state index contributed by atoms with van der Waals surface area (Å²) >= 11 is 0. The molecule has 0 aromatic heterocycles. The summed E-state index contributed by atoms with van der Waals surface area (Å²) in [4.78, 5) is 13.1. The highest BCUT2D eigenvalue weighted by atomic mass is 16.7. The van der Waals surface area contributed by atoms with Crippen LogP contribution >= 0.6 is 0 Å². The lowest BCUT2D eigenvalue weighted by atomic mass is 9.99. The Morgan fingerprint density at radius 3 is 1.23 bits per heavy atom. The first-order valence-corrected chi connectivity index (χ1v) is 31.4. The summed E-state index contributed by atoms with van der Waals surface area (Å²) in [6, 6.07) is -0.826. The molecule has 0 spiro atoms. The fourth-order valence-electron chi connectivity index (χ4n) is 9.91. The van der Waals surface area contributed by atoms with Crippen molar-refractivity contribution in [3.63, 3.8) is 0 Å². The van der Waals surface area contributed by atoms with E-state index in [9.17, 15) is 30.3 Å². The lowest BCUT2D eigenvalue weighted by Crippen LogP contribution is -2.60. The van der Waals surface area contributed by atoms with E-state index in [4.69, 9.17) is 9.47 Å². The summed E-state index contributed by atoms with van der Waals surface area (Å²) in [6.45, 7) is 3.79. The van der Waals surface area contributed by atoms with E-state index in [1.807, 2.05) is 6.08 Å². The average molecular weight is 1030 g/mol. The molecule has 1 heterocycles. The largest absolute Gasteiger partial charge is 0.394 e. The summed E-state index contributed by atoms with van der Waals surface area (Å²) in [5.41, 5.74) is 0. The van der Waals surface area contributed by atoms with E-state index in [-0.39, 0.29) is 12.5 Å². The molecule has 0 radical (unpaired) electrons. The van der Waals surface area contributed by atoms with E-state index in [0.29, 0.717) is 6.42 Å². The first-order chi connectivity index (χ1) is 35.8. The van der Waals surface area contributed by atoms with E-state index in [1.165, 1.54) is 231 Å². The molecule has 0 aromatic rings. The van der Waals surface area contributed by atoms with Gasteiger partial charge in [0.05, 0.1) is 25.4 Å². The monoisotopic (exact) mass is 1030 g/mol. The van der Waals surface area contributed by atoms with Crippen LogP contribution in [0.3, 0.4) is 0 Å². The van der Waals surface area contributed by atoms with Crippen LogP contribution in [0.4, 0.5) is 0 Å². The van der Waals surface area contributed by atoms with Crippen molar-refractivity contribution in [3.05, 3.63) is 48.6 Å². The van der Waals surface area contributed by atoms with Crippen LogP contribution in [-0.4, -0.2) is 87.5 Å². The minimum absolute atomic E-state index is 0.188. The molecule has 1 amide bonds. The van der Waals surface area contributed by atoms with Gasteiger partial charge in [-0.25, -0.2) is 0 Å². The second-order valence-electron chi connectivity index (χ2n) is 21.8. The molecule has 0 aromatic carbocycles. The number of ether oxygens (including phenoxy) is 2. The molecule has 1 fully saturated rings. The zero-order valence-electron chi connectivity index (χ0n) is 47.6. The average Bonchev–Trinajstić information content (AvgIpc) is 3.39. The summed E-state index contributed by atoms with van der Waals surface area (Å²) in [6.07, 6.45) is 64.8. The predicted octanol–water partition coefficient (Wildman–Crippen LogP) is 16.1. The van der Waals surface area contributed by atoms with Crippen LogP contribution in [0.15, 0.2) is 48.6 Å². The number of aliphatic hydroxyl groups is 5. The van der Waals surface area contributed by atoms with Gasteiger partial charge in [-0.3, -0.25) is 4.79 Å². The number of carbonyl (C=O) groups excluding carboxylic acids is 1. The van der Waals surface area contributed by atoms with Gasteiger partial charge in [0.15, 0.2) is 6.29 Å². The molecule has 1 rings (SSSR count). The van der Waals surface area contributed by atoms with Gasteiger partial charge in [-0.1, -0.05) is 274 Å². The van der Waals surface area contributed by atoms with E-state index in [2.05, 4.69) is 55.6 Å². The van der Waals surface area contributed by atoms with Crippen LogP contribution in [-0.2, 0) is 14.3 Å². The lowest BCUT2D eigenvalue weighted by molar-refractivity contribution is -0.302. The zero-order chi connectivity index (χ0) is 52.9. The quantitative estimate of drug-likeness (QED) is 0.0261. The van der Waals surface area contributed by atoms with E-state index < -0.39 is 49.5 Å². The van der Waals surface area contributed by atoms with Crippen molar-refractivity contribution < 1.29 is 39.8 Å². The van der Waals surface area contributed by atoms with Crippen LogP contribution in [0, 0.1) is 0 Å². The Bertz CT molecular complexity index is 1290. The Kier molecular flexibility index (Phi) is 50.7. The second kappa shape index (κ2) is 53.5. The number of rotatable bonds is 54. The highest BCUT2D eigenvalue weighted by Gasteiger charge is 2.44. The minimum atomic E-state index is -1.57. The second-order valence-corrected chi connectivity index (χ2v) is 21.8. The van der Waals surface area contributed by atoms with Crippen molar-refractivity contribution in [2.24, 2.45) is 0 Å². The normalized spacial score (nSPS) is 19.4. The van der Waals surface area contributed by atoms with Crippen LogP contribution in [0.5, 0.6) is 0 Å². The molecular formula is C64H119NO8. The molecule has 0 bridgehead atoms. The summed E-state index contributed by atoms with van der Waals surface area (Å²) in [5, 5.41) is 54.6. The fourth-order valence-corrected chi connectivity index (χ4v) is 9.91. The minimum Gasteiger partial charge on any atom is -0.394 e. The maximum absolute atomic E-state index is 13.1. The SMILES string of the molecule is CCCCCCCCCCC/C=C\C/C=C\CCCCCCCCCCCC(=O)NC(COC1OC(CO)C(O)C(O)C1O)C(O)/C=C/CC/C=C/CCCCCCCCCCCCCCCCCCCCC. The molecule has 73 heavy (non-hydrogen) atoms. The number of allylic oxidation sites excluding steroid dienone is 7. The molecule has 1 aliphatic heterocycles. The first-order valence-electron chi connectivity index (χ1n) is 31.4. The molecule has 7 atom stereocenters. The highest BCUT2D eigenvalue weighted by molar-refractivity contribution is 5.76. The number of hydrogen-bond acceptors (Lipinski definition) is 8. The third-order valence-corrected chi connectivity index (χ3v) is 14.9. The van der Waals surface area contributed by atoms with Gasteiger partial charge in [-0.15, -0.1) is 0 Å². The van der Waals surface area contributed by atoms with Gasteiger partial charge < -0.3 is 40.3 Å². The molecule has 1 saturated heterocycles. The Morgan fingerprint density at radius 2 is 0.822 bits per heavy atom. The van der Waals surface area contributed by atoms with Crippen molar-refractivity contribution in [3.8, 4) is 0 Å². The van der Waals surface area contributed by atoms with Gasteiger partial charge in [-0.05, 0) is 64.2 Å².